The summed E-state index contributed by atoms with van der Waals surface area (Å²) >= 11 is 0. The zero-order valence-corrected chi connectivity index (χ0v) is 12.8. The van der Waals surface area contributed by atoms with Gasteiger partial charge in [0.1, 0.15) is 6.61 Å². The molecule has 1 aromatic carbocycles. The second kappa shape index (κ2) is 10.6. The highest BCUT2D eigenvalue weighted by Crippen LogP contribution is 2.10. The molecule has 0 spiro atoms. The summed E-state index contributed by atoms with van der Waals surface area (Å²) in [6.07, 6.45) is 2.85. The minimum Gasteiger partial charge on any atom is -0.478 e. The molecular formula is C16H23NO5. The van der Waals surface area contributed by atoms with Gasteiger partial charge in [-0.15, -0.1) is 0 Å². The fraction of sp³-hybridized carbons (Fsp3) is 0.500. The topological polar surface area (TPSA) is 84.9 Å². The lowest BCUT2D eigenvalue weighted by atomic mass is 10.2. The minimum atomic E-state index is -0.922. The number of rotatable bonds is 11. The first-order valence-electron chi connectivity index (χ1n) is 7.44. The maximum atomic E-state index is 11.0. The van der Waals surface area contributed by atoms with E-state index >= 15 is 0 Å². The molecule has 0 aliphatic heterocycles. The molecule has 0 bridgehead atoms. The molecule has 0 atom stereocenters. The summed E-state index contributed by atoms with van der Waals surface area (Å²) in [6.45, 7) is 3.51. The van der Waals surface area contributed by atoms with Crippen LogP contribution < -0.4 is 5.32 Å². The van der Waals surface area contributed by atoms with Crippen LogP contribution in [-0.4, -0.2) is 43.4 Å². The Morgan fingerprint density at radius 2 is 1.86 bits per heavy atom. The Morgan fingerprint density at radius 1 is 1.14 bits per heavy atom. The number of aromatic carboxylic acids is 1. The molecule has 0 amide bonds. The van der Waals surface area contributed by atoms with Gasteiger partial charge in [0.2, 0.25) is 0 Å². The van der Waals surface area contributed by atoms with Crippen LogP contribution in [0.4, 0.5) is 5.69 Å². The first-order chi connectivity index (χ1) is 10.6. The number of ether oxygens (including phenoxy) is 2. The van der Waals surface area contributed by atoms with Crippen LogP contribution >= 0.6 is 0 Å². The van der Waals surface area contributed by atoms with E-state index in [0.717, 1.165) is 31.5 Å². The Hall–Kier alpha value is -2.08. The van der Waals surface area contributed by atoms with Gasteiger partial charge in [-0.1, -0.05) is 0 Å². The van der Waals surface area contributed by atoms with Crippen LogP contribution in [0.1, 0.15) is 36.5 Å². The minimum absolute atomic E-state index is 0.0159. The normalized spacial score (nSPS) is 10.2. The standard InChI is InChI=1S/C16H23NO5/c1-2-22-15(18)12-21-11-5-3-4-10-17-14-8-6-13(7-9-14)16(19)20/h6-9,17H,2-5,10-12H2,1H3,(H,19,20). The van der Waals surface area contributed by atoms with Crippen LogP contribution in [0, 0.1) is 0 Å². The SMILES string of the molecule is CCOC(=O)COCCCCCNc1ccc(C(=O)O)cc1. The Morgan fingerprint density at radius 3 is 2.50 bits per heavy atom. The van der Waals surface area contributed by atoms with Gasteiger partial charge in [-0.05, 0) is 50.5 Å². The first kappa shape index (κ1) is 18.0. The molecule has 0 saturated heterocycles. The summed E-state index contributed by atoms with van der Waals surface area (Å²) in [4.78, 5) is 21.7. The predicted octanol–water partition coefficient (Wildman–Crippen LogP) is 2.55. The molecule has 0 unspecified atom stereocenters. The second-order valence-electron chi connectivity index (χ2n) is 4.73. The number of nitrogens with one attached hydrogen (secondary N) is 1. The van der Waals surface area contributed by atoms with Crippen molar-refractivity contribution in [2.24, 2.45) is 0 Å². The van der Waals surface area contributed by atoms with Crippen LogP contribution in [0.25, 0.3) is 0 Å². The van der Waals surface area contributed by atoms with E-state index in [9.17, 15) is 9.59 Å². The van der Waals surface area contributed by atoms with Crippen LogP contribution in [0.3, 0.4) is 0 Å². The molecule has 1 aromatic rings. The number of carboxylic acid groups (broad SMARTS) is 1. The highest BCUT2D eigenvalue weighted by atomic mass is 16.6. The molecule has 0 radical (unpaired) electrons. The molecule has 0 aliphatic carbocycles. The monoisotopic (exact) mass is 309 g/mol. The fourth-order valence-corrected chi connectivity index (χ4v) is 1.83. The van der Waals surface area contributed by atoms with Crippen LogP contribution in [0.15, 0.2) is 24.3 Å². The van der Waals surface area contributed by atoms with Crippen molar-refractivity contribution in [3.05, 3.63) is 29.8 Å². The van der Waals surface area contributed by atoms with Crippen molar-refractivity contribution in [3.63, 3.8) is 0 Å². The van der Waals surface area contributed by atoms with E-state index in [-0.39, 0.29) is 18.1 Å². The number of hydrogen-bond donors (Lipinski definition) is 2. The third-order valence-corrected chi connectivity index (χ3v) is 2.95. The second-order valence-corrected chi connectivity index (χ2v) is 4.73. The summed E-state index contributed by atoms with van der Waals surface area (Å²) in [7, 11) is 0. The van der Waals surface area contributed by atoms with Gasteiger partial charge in [-0.3, -0.25) is 0 Å². The Kier molecular flexibility index (Phi) is 8.67. The molecule has 2 N–H and O–H groups in total. The van der Waals surface area contributed by atoms with E-state index in [4.69, 9.17) is 14.6 Å². The fourth-order valence-electron chi connectivity index (χ4n) is 1.83. The number of hydrogen-bond acceptors (Lipinski definition) is 5. The number of carbonyl (C=O) groups is 2. The average molecular weight is 309 g/mol. The highest BCUT2D eigenvalue weighted by molar-refractivity contribution is 5.87. The predicted molar refractivity (Wildman–Crippen MR) is 83.2 cm³/mol. The lowest BCUT2D eigenvalue weighted by Gasteiger charge is -2.07. The van der Waals surface area contributed by atoms with Gasteiger partial charge in [-0.2, -0.15) is 0 Å². The number of benzene rings is 1. The number of carbonyl (C=O) groups excluding carboxylic acids is 1. The van der Waals surface area contributed by atoms with Crippen molar-refractivity contribution in [1.82, 2.24) is 0 Å². The highest BCUT2D eigenvalue weighted by Gasteiger charge is 2.02. The van der Waals surface area contributed by atoms with Crippen molar-refractivity contribution in [2.75, 3.05) is 31.7 Å². The van der Waals surface area contributed by atoms with Crippen molar-refractivity contribution >= 4 is 17.6 Å². The van der Waals surface area contributed by atoms with Crippen LogP contribution in [0.5, 0.6) is 0 Å². The van der Waals surface area contributed by atoms with Gasteiger partial charge in [0.15, 0.2) is 0 Å². The van der Waals surface area contributed by atoms with E-state index in [1.165, 1.54) is 0 Å². The third-order valence-electron chi connectivity index (χ3n) is 2.95. The lowest BCUT2D eigenvalue weighted by molar-refractivity contribution is -0.148. The van der Waals surface area contributed by atoms with E-state index in [1.54, 1.807) is 31.2 Å². The molecule has 0 fully saturated rings. The van der Waals surface area contributed by atoms with E-state index in [1.807, 2.05) is 0 Å². The number of unbranched alkanes of at least 4 members (excludes halogenated alkanes) is 2. The van der Waals surface area contributed by atoms with Gasteiger partial charge in [0.05, 0.1) is 12.2 Å². The van der Waals surface area contributed by atoms with Gasteiger partial charge in [0.25, 0.3) is 0 Å². The average Bonchev–Trinajstić information content (AvgIpc) is 2.50. The van der Waals surface area contributed by atoms with Crippen molar-refractivity contribution < 1.29 is 24.2 Å². The molecule has 1 rings (SSSR count). The van der Waals surface area contributed by atoms with Gasteiger partial charge >= 0.3 is 11.9 Å². The summed E-state index contributed by atoms with van der Waals surface area (Å²) in [5.74, 6) is -1.25. The molecule has 0 aliphatic rings. The zero-order valence-electron chi connectivity index (χ0n) is 12.8. The van der Waals surface area contributed by atoms with E-state index in [2.05, 4.69) is 5.32 Å². The molecule has 122 valence electrons. The quantitative estimate of drug-likeness (QED) is 0.483. The van der Waals surface area contributed by atoms with Crippen LogP contribution in [-0.2, 0) is 14.3 Å². The number of carboxylic acids is 1. The van der Waals surface area contributed by atoms with Gasteiger partial charge in [-0.25, -0.2) is 9.59 Å². The summed E-state index contributed by atoms with van der Waals surface area (Å²) in [6, 6.07) is 6.67. The Balaban J connectivity index is 2.01. The van der Waals surface area contributed by atoms with Gasteiger partial charge in [0, 0.05) is 18.8 Å². The molecule has 22 heavy (non-hydrogen) atoms. The maximum absolute atomic E-state index is 11.0. The first-order valence-corrected chi connectivity index (χ1v) is 7.44. The van der Waals surface area contributed by atoms with E-state index < -0.39 is 5.97 Å². The van der Waals surface area contributed by atoms with Gasteiger partial charge < -0.3 is 19.9 Å². The molecule has 6 heteroatoms. The Labute approximate surface area is 130 Å². The van der Waals surface area contributed by atoms with Crippen molar-refractivity contribution in [2.45, 2.75) is 26.2 Å². The molecule has 0 heterocycles. The summed E-state index contributed by atoms with van der Waals surface area (Å²) < 4.78 is 9.95. The van der Waals surface area contributed by atoms with Crippen molar-refractivity contribution in [3.8, 4) is 0 Å². The van der Waals surface area contributed by atoms with Crippen molar-refractivity contribution in [1.29, 1.82) is 0 Å². The Bertz CT molecular complexity index is 458. The third kappa shape index (κ3) is 7.64. The zero-order chi connectivity index (χ0) is 16.2. The summed E-state index contributed by atoms with van der Waals surface area (Å²) in [5, 5.41) is 12.0. The maximum Gasteiger partial charge on any atom is 0.335 e. The number of esters is 1. The summed E-state index contributed by atoms with van der Waals surface area (Å²) in [5.41, 5.74) is 1.19. The molecule has 0 saturated carbocycles. The lowest BCUT2D eigenvalue weighted by Crippen LogP contribution is -2.13. The smallest absolute Gasteiger partial charge is 0.335 e. The van der Waals surface area contributed by atoms with Crippen LogP contribution in [0.2, 0.25) is 0 Å². The molecule has 0 aromatic heterocycles. The largest absolute Gasteiger partial charge is 0.478 e. The molecule has 6 nitrogen and oxygen atoms in total. The number of anilines is 1. The molecular weight excluding hydrogens is 286 g/mol. The van der Waals surface area contributed by atoms with E-state index in [0.29, 0.717) is 13.2 Å².